The van der Waals surface area contributed by atoms with E-state index < -0.39 is 0 Å². The molecule has 1 unspecified atom stereocenters. The van der Waals surface area contributed by atoms with E-state index in [4.69, 9.17) is 0 Å². The van der Waals surface area contributed by atoms with E-state index in [1.165, 1.54) is 18.4 Å². The van der Waals surface area contributed by atoms with Gasteiger partial charge < -0.3 is 15.7 Å². The van der Waals surface area contributed by atoms with Gasteiger partial charge >= 0.3 is 0 Å². The third-order valence-corrected chi connectivity index (χ3v) is 3.40. The second kappa shape index (κ2) is 6.74. The molecule has 2 atom stereocenters. The van der Waals surface area contributed by atoms with Gasteiger partial charge in [-0.05, 0) is 37.9 Å². The highest BCUT2D eigenvalue weighted by atomic mass is 16.3. The third-order valence-electron chi connectivity index (χ3n) is 3.40. The van der Waals surface area contributed by atoms with Crippen molar-refractivity contribution in [3.8, 4) is 0 Å². The van der Waals surface area contributed by atoms with Crippen molar-refractivity contribution in [2.24, 2.45) is 0 Å². The minimum atomic E-state index is 0.0688. The lowest BCUT2D eigenvalue weighted by Crippen LogP contribution is -2.35. The van der Waals surface area contributed by atoms with Crippen LogP contribution in [0.25, 0.3) is 0 Å². The van der Waals surface area contributed by atoms with E-state index in [-0.39, 0.29) is 12.6 Å². The number of aliphatic hydroxyl groups is 1. The van der Waals surface area contributed by atoms with E-state index in [9.17, 15) is 5.11 Å². The quantitative estimate of drug-likeness (QED) is 0.739. The maximum Gasteiger partial charge on any atom is 0.0626 e. The lowest BCUT2D eigenvalue weighted by molar-refractivity contribution is 0.229. The Hall–Kier alpha value is -0.900. The first kappa shape index (κ1) is 12.6. The SMILES string of the molecule is OC[C@@H](NC1CCCNCC1)c1ccccc1. The maximum atomic E-state index is 9.50. The highest BCUT2D eigenvalue weighted by Crippen LogP contribution is 2.15. The fraction of sp³-hybridized carbons (Fsp3) is 0.571. The molecule has 0 aliphatic carbocycles. The minimum Gasteiger partial charge on any atom is -0.394 e. The molecule has 3 heteroatoms. The molecule has 0 amide bonds. The second-order valence-corrected chi connectivity index (χ2v) is 4.69. The molecule has 94 valence electrons. The van der Waals surface area contributed by atoms with E-state index in [0.29, 0.717) is 6.04 Å². The van der Waals surface area contributed by atoms with E-state index in [0.717, 1.165) is 19.5 Å². The van der Waals surface area contributed by atoms with E-state index in [2.05, 4.69) is 22.8 Å². The van der Waals surface area contributed by atoms with Gasteiger partial charge in [0.2, 0.25) is 0 Å². The van der Waals surface area contributed by atoms with Gasteiger partial charge in [-0.15, -0.1) is 0 Å². The van der Waals surface area contributed by atoms with Crippen molar-refractivity contribution < 1.29 is 5.11 Å². The molecule has 1 fully saturated rings. The summed E-state index contributed by atoms with van der Waals surface area (Å²) in [5.41, 5.74) is 1.17. The van der Waals surface area contributed by atoms with Gasteiger partial charge in [0, 0.05) is 6.04 Å². The number of hydrogen-bond donors (Lipinski definition) is 3. The standard InChI is InChI=1S/C14H22N2O/c17-11-14(12-5-2-1-3-6-12)16-13-7-4-9-15-10-8-13/h1-3,5-6,13-17H,4,7-11H2/t13?,14-/m1/s1. The maximum absolute atomic E-state index is 9.50. The van der Waals surface area contributed by atoms with Crippen LogP contribution in [0.3, 0.4) is 0 Å². The lowest BCUT2D eigenvalue weighted by Gasteiger charge is -2.23. The molecular formula is C14H22N2O. The van der Waals surface area contributed by atoms with Crippen molar-refractivity contribution in [3.05, 3.63) is 35.9 Å². The summed E-state index contributed by atoms with van der Waals surface area (Å²) in [6.45, 7) is 2.35. The molecule has 1 aliphatic heterocycles. The van der Waals surface area contributed by atoms with Gasteiger partial charge in [0.25, 0.3) is 0 Å². The van der Waals surface area contributed by atoms with Crippen LogP contribution in [-0.2, 0) is 0 Å². The van der Waals surface area contributed by atoms with Gasteiger partial charge in [-0.1, -0.05) is 30.3 Å². The molecule has 1 saturated heterocycles. The van der Waals surface area contributed by atoms with Crippen LogP contribution in [0.2, 0.25) is 0 Å². The van der Waals surface area contributed by atoms with Gasteiger partial charge in [0.1, 0.15) is 0 Å². The van der Waals surface area contributed by atoms with Crippen LogP contribution in [-0.4, -0.2) is 30.8 Å². The van der Waals surface area contributed by atoms with Crippen LogP contribution in [0.5, 0.6) is 0 Å². The van der Waals surface area contributed by atoms with Crippen molar-refractivity contribution in [2.75, 3.05) is 19.7 Å². The van der Waals surface area contributed by atoms with Crippen molar-refractivity contribution in [3.63, 3.8) is 0 Å². The minimum absolute atomic E-state index is 0.0688. The summed E-state index contributed by atoms with van der Waals surface area (Å²) in [5, 5.41) is 16.5. The molecule has 1 aliphatic rings. The summed E-state index contributed by atoms with van der Waals surface area (Å²) >= 11 is 0. The van der Waals surface area contributed by atoms with Crippen LogP contribution < -0.4 is 10.6 Å². The van der Waals surface area contributed by atoms with Gasteiger partial charge in [-0.3, -0.25) is 0 Å². The lowest BCUT2D eigenvalue weighted by atomic mass is 10.0. The van der Waals surface area contributed by atoms with Crippen LogP contribution >= 0.6 is 0 Å². The van der Waals surface area contributed by atoms with Gasteiger partial charge in [-0.2, -0.15) is 0 Å². The Labute approximate surface area is 103 Å². The summed E-state index contributed by atoms with van der Waals surface area (Å²) in [5.74, 6) is 0. The Kier molecular flexibility index (Phi) is 4.98. The van der Waals surface area contributed by atoms with Crippen molar-refractivity contribution in [2.45, 2.75) is 31.3 Å². The molecule has 1 aromatic carbocycles. The molecule has 3 N–H and O–H groups in total. The predicted octanol–water partition coefficient (Wildman–Crippen LogP) is 1.45. The number of hydrogen-bond acceptors (Lipinski definition) is 3. The Morgan fingerprint density at radius 3 is 2.82 bits per heavy atom. The van der Waals surface area contributed by atoms with E-state index >= 15 is 0 Å². The smallest absolute Gasteiger partial charge is 0.0626 e. The summed E-state index contributed by atoms with van der Waals surface area (Å²) in [6.07, 6.45) is 3.55. The van der Waals surface area contributed by atoms with Crippen LogP contribution in [0.15, 0.2) is 30.3 Å². The number of nitrogens with one attached hydrogen (secondary N) is 2. The second-order valence-electron chi connectivity index (χ2n) is 4.69. The zero-order valence-corrected chi connectivity index (χ0v) is 10.2. The Bertz CT molecular complexity index is 307. The molecule has 0 saturated carbocycles. The van der Waals surface area contributed by atoms with Crippen molar-refractivity contribution >= 4 is 0 Å². The van der Waals surface area contributed by atoms with Crippen LogP contribution in [0, 0.1) is 0 Å². The van der Waals surface area contributed by atoms with E-state index in [1.54, 1.807) is 0 Å². The first-order valence-electron chi connectivity index (χ1n) is 6.52. The van der Waals surface area contributed by atoms with E-state index in [1.807, 2.05) is 18.2 Å². The van der Waals surface area contributed by atoms with Crippen molar-refractivity contribution in [1.82, 2.24) is 10.6 Å². The van der Waals surface area contributed by atoms with Gasteiger partial charge in [0.15, 0.2) is 0 Å². The fourth-order valence-electron chi connectivity index (χ4n) is 2.41. The number of aliphatic hydroxyl groups excluding tert-OH is 1. The average molecular weight is 234 g/mol. The molecule has 1 heterocycles. The Balaban J connectivity index is 1.94. The molecule has 1 aromatic rings. The van der Waals surface area contributed by atoms with Gasteiger partial charge in [-0.25, -0.2) is 0 Å². The average Bonchev–Trinajstić information content (AvgIpc) is 2.65. The topological polar surface area (TPSA) is 44.3 Å². The highest BCUT2D eigenvalue weighted by Gasteiger charge is 2.17. The highest BCUT2D eigenvalue weighted by molar-refractivity contribution is 5.19. The summed E-state index contributed by atoms with van der Waals surface area (Å²) in [4.78, 5) is 0. The largest absolute Gasteiger partial charge is 0.394 e. The molecule has 0 radical (unpaired) electrons. The molecular weight excluding hydrogens is 212 g/mol. The molecule has 0 spiro atoms. The molecule has 2 rings (SSSR count). The monoisotopic (exact) mass is 234 g/mol. The first-order valence-corrected chi connectivity index (χ1v) is 6.52. The molecule has 3 nitrogen and oxygen atoms in total. The molecule has 17 heavy (non-hydrogen) atoms. The third kappa shape index (κ3) is 3.80. The number of benzene rings is 1. The summed E-state index contributed by atoms with van der Waals surface area (Å²) in [6, 6.07) is 10.8. The van der Waals surface area contributed by atoms with Crippen LogP contribution in [0.4, 0.5) is 0 Å². The predicted molar refractivity (Wildman–Crippen MR) is 69.9 cm³/mol. The first-order chi connectivity index (χ1) is 8.40. The number of rotatable bonds is 4. The fourth-order valence-corrected chi connectivity index (χ4v) is 2.41. The van der Waals surface area contributed by atoms with Crippen molar-refractivity contribution in [1.29, 1.82) is 0 Å². The normalized spacial score (nSPS) is 23.0. The Morgan fingerprint density at radius 2 is 2.06 bits per heavy atom. The molecule has 0 aromatic heterocycles. The Morgan fingerprint density at radius 1 is 1.24 bits per heavy atom. The molecule has 0 bridgehead atoms. The van der Waals surface area contributed by atoms with Gasteiger partial charge in [0.05, 0.1) is 12.6 Å². The summed E-state index contributed by atoms with van der Waals surface area (Å²) in [7, 11) is 0. The summed E-state index contributed by atoms with van der Waals surface area (Å²) < 4.78 is 0. The van der Waals surface area contributed by atoms with Crippen LogP contribution in [0.1, 0.15) is 30.9 Å². The zero-order valence-electron chi connectivity index (χ0n) is 10.2. The zero-order chi connectivity index (χ0) is 11.9.